The van der Waals surface area contributed by atoms with Crippen molar-refractivity contribution in [3.05, 3.63) is 58.9 Å². The summed E-state index contributed by atoms with van der Waals surface area (Å²) in [5, 5.41) is 4.77. The van der Waals surface area contributed by atoms with Crippen LogP contribution in [-0.4, -0.2) is 36.4 Å². The first-order valence-corrected chi connectivity index (χ1v) is 10.9. The number of benzene rings is 1. The number of fused-ring (bicyclic) bond motifs is 1. The number of rotatable bonds is 4. The van der Waals surface area contributed by atoms with E-state index in [9.17, 15) is 17.6 Å². The van der Waals surface area contributed by atoms with Crippen LogP contribution in [0.15, 0.2) is 41.8 Å². The maximum absolute atomic E-state index is 13.5. The van der Waals surface area contributed by atoms with Crippen molar-refractivity contribution in [1.82, 2.24) is 9.88 Å². The van der Waals surface area contributed by atoms with E-state index in [0.29, 0.717) is 18.7 Å². The van der Waals surface area contributed by atoms with Gasteiger partial charge in [0.25, 0.3) is 5.91 Å². The molecule has 1 unspecified atom stereocenters. The first-order valence-electron chi connectivity index (χ1n) is 8.24. The summed E-state index contributed by atoms with van der Waals surface area (Å²) in [4.78, 5) is 12.8. The Hall–Kier alpha value is -2.19. The predicted molar refractivity (Wildman–Crippen MR) is 99.8 cm³/mol. The van der Waals surface area contributed by atoms with Crippen LogP contribution in [0.3, 0.4) is 0 Å². The number of nitrogens with zero attached hydrogens (tertiary/aromatic N) is 1. The first kappa shape index (κ1) is 17.2. The summed E-state index contributed by atoms with van der Waals surface area (Å²) in [5.74, 6) is -0.528. The summed E-state index contributed by atoms with van der Waals surface area (Å²) in [6.45, 7) is 0.365. The number of carbonyl (C=O) groups excluding carboxylic acids is 1. The molecule has 4 rings (SSSR count). The molecule has 0 bridgehead atoms. The molecule has 1 N–H and O–H groups in total. The molecule has 1 aromatic carbocycles. The number of halogens is 1. The lowest BCUT2D eigenvalue weighted by atomic mass is 10.2. The Bertz CT molecular complexity index is 1080. The number of thiophene rings is 1. The average molecular weight is 392 g/mol. The van der Waals surface area contributed by atoms with Gasteiger partial charge in [0, 0.05) is 12.6 Å². The average Bonchev–Trinajstić information content (AvgIpc) is 3.24. The minimum Gasteiger partial charge on any atom is -0.347 e. The number of carbonyl (C=O) groups is 1. The largest absolute Gasteiger partial charge is 0.347 e. The fourth-order valence-corrected chi connectivity index (χ4v) is 5.82. The van der Waals surface area contributed by atoms with E-state index in [1.165, 1.54) is 23.5 Å². The van der Waals surface area contributed by atoms with Gasteiger partial charge >= 0.3 is 0 Å². The topological polar surface area (TPSA) is 68.2 Å². The zero-order valence-electron chi connectivity index (χ0n) is 13.8. The van der Waals surface area contributed by atoms with Crippen molar-refractivity contribution in [3.63, 3.8) is 0 Å². The highest BCUT2D eigenvalue weighted by Crippen LogP contribution is 2.27. The van der Waals surface area contributed by atoms with E-state index >= 15 is 0 Å². The molecular formula is C18H17FN2O3S2. The van der Waals surface area contributed by atoms with E-state index in [1.807, 2.05) is 22.1 Å². The predicted octanol–water partition coefficient (Wildman–Crippen LogP) is 2.81. The fourth-order valence-electron chi connectivity index (χ4n) is 3.32. The van der Waals surface area contributed by atoms with Crippen LogP contribution < -0.4 is 5.32 Å². The minimum absolute atomic E-state index is 0.0162. The van der Waals surface area contributed by atoms with Crippen LogP contribution in [0.2, 0.25) is 0 Å². The van der Waals surface area contributed by atoms with E-state index in [4.69, 9.17) is 0 Å². The van der Waals surface area contributed by atoms with Gasteiger partial charge in [0.2, 0.25) is 0 Å². The number of sulfone groups is 1. The third-order valence-electron chi connectivity index (χ3n) is 4.55. The van der Waals surface area contributed by atoms with Gasteiger partial charge in [-0.25, -0.2) is 12.8 Å². The third-order valence-corrected chi connectivity index (χ3v) is 7.17. The lowest BCUT2D eigenvalue weighted by molar-refractivity contribution is 0.0932. The molecule has 0 aliphatic carbocycles. The molecule has 0 radical (unpaired) electrons. The van der Waals surface area contributed by atoms with Crippen molar-refractivity contribution >= 4 is 37.3 Å². The molecule has 2 aromatic heterocycles. The minimum atomic E-state index is -3.06. The molecule has 0 saturated carbocycles. The molecule has 1 saturated heterocycles. The van der Waals surface area contributed by atoms with Gasteiger partial charge in [-0.05, 0) is 41.6 Å². The number of hydrogen-bond donors (Lipinski definition) is 1. The molecule has 1 aliphatic rings. The van der Waals surface area contributed by atoms with Crippen LogP contribution in [0.4, 0.5) is 4.39 Å². The van der Waals surface area contributed by atoms with Gasteiger partial charge < -0.3 is 9.88 Å². The summed E-state index contributed by atoms with van der Waals surface area (Å²) < 4.78 is 39.5. The number of aromatic nitrogens is 1. The second kappa shape index (κ2) is 6.51. The molecule has 26 heavy (non-hydrogen) atoms. The zero-order valence-corrected chi connectivity index (χ0v) is 15.4. The normalized spacial score (nSPS) is 19.0. The number of amides is 1. The van der Waals surface area contributed by atoms with Gasteiger partial charge in [0.1, 0.15) is 11.5 Å². The van der Waals surface area contributed by atoms with E-state index in [1.54, 1.807) is 12.1 Å². The molecule has 8 heteroatoms. The molecule has 3 aromatic rings. The SMILES string of the molecule is O=C(NC1CCS(=O)(=O)C1)c1cc2sccc2n1Cc1cccc(F)c1. The van der Waals surface area contributed by atoms with Crippen LogP contribution in [0.1, 0.15) is 22.5 Å². The maximum Gasteiger partial charge on any atom is 0.268 e. The van der Waals surface area contributed by atoms with Crippen molar-refractivity contribution in [2.24, 2.45) is 0 Å². The molecule has 0 spiro atoms. The van der Waals surface area contributed by atoms with E-state index < -0.39 is 9.84 Å². The van der Waals surface area contributed by atoms with Crippen molar-refractivity contribution in [1.29, 1.82) is 0 Å². The molecular weight excluding hydrogens is 375 g/mol. The van der Waals surface area contributed by atoms with Crippen molar-refractivity contribution in [3.8, 4) is 0 Å². The fraction of sp³-hybridized carbons (Fsp3) is 0.278. The monoisotopic (exact) mass is 392 g/mol. The highest BCUT2D eigenvalue weighted by Gasteiger charge is 2.30. The number of nitrogens with one attached hydrogen (secondary N) is 1. The lowest BCUT2D eigenvalue weighted by Crippen LogP contribution is -2.36. The standard InChI is InChI=1S/C18H17FN2O3S2/c19-13-3-1-2-12(8-13)10-21-15-4-6-25-17(15)9-16(21)18(22)20-14-5-7-26(23,24)11-14/h1-4,6,8-9,14H,5,7,10-11H2,(H,20,22). The van der Waals surface area contributed by atoms with Crippen molar-refractivity contribution in [2.75, 3.05) is 11.5 Å². The molecule has 1 fully saturated rings. The van der Waals surface area contributed by atoms with Crippen molar-refractivity contribution in [2.45, 2.75) is 19.0 Å². The quantitative estimate of drug-likeness (QED) is 0.742. The van der Waals surface area contributed by atoms with Gasteiger partial charge in [-0.15, -0.1) is 11.3 Å². The van der Waals surface area contributed by atoms with Gasteiger partial charge in [0.15, 0.2) is 9.84 Å². The highest BCUT2D eigenvalue weighted by atomic mass is 32.2. The Morgan fingerprint density at radius 2 is 2.15 bits per heavy atom. The summed E-state index contributed by atoms with van der Waals surface area (Å²) in [6, 6.07) is 9.66. The van der Waals surface area contributed by atoms with E-state index in [2.05, 4.69) is 5.32 Å². The van der Waals surface area contributed by atoms with Gasteiger partial charge in [-0.3, -0.25) is 4.79 Å². The van der Waals surface area contributed by atoms with Crippen LogP contribution in [0.5, 0.6) is 0 Å². The summed E-state index contributed by atoms with van der Waals surface area (Å²) in [6.07, 6.45) is 0.438. The van der Waals surface area contributed by atoms with Crippen molar-refractivity contribution < 1.29 is 17.6 Å². The molecule has 1 atom stereocenters. The molecule has 1 aliphatic heterocycles. The summed E-state index contributed by atoms with van der Waals surface area (Å²) in [5.41, 5.74) is 2.12. The van der Waals surface area contributed by atoms with E-state index in [-0.39, 0.29) is 29.3 Å². The Morgan fingerprint density at radius 1 is 1.31 bits per heavy atom. The van der Waals surface area contributed by atoms with Gasteiger partial charge in [0.05, 0.1) is 21.7 Å². The Kier molecular flexibility index (Phi) is 4.32. The van der Waals surface area contributed by atoms with Gasteiger partial charge in [-0.1, -0.05) is 12.1 Å². The van der Waals surface area contributed by atoms with Crippen LogP contribution in [0.25, 0.3) is 10.2 Å². The Labute approximate surface area is 154 Å². The maximum atomic E-state index is 13.5. The van der Waals surface area contributed by atoms with Crippen LogP contribution in [0, 0.1) is 5.82 Å². The summed E-state index contributed by atoms with van der Waals surface area (Å²) in [7, 11) is -3.06. The molecule has 5 nitrogen and oxygen atoms in total. The Balaban J connectivity index is 1.64. The van der Waals surface area contributed by atoms with Crippen LogP contribution in [-0.2, 0) is 16.4 Å². The molecule has 3 heterocycles. The highest BCUT2D eigenvalue weighted by molar-refractivity contribution is 7.91. The Morgan fingerprint density at radius 3 is 2.88 bits per heavy atom. The molecule has 136 valence electrons. The summed E-state index contributed by atoms with van der Waals surface area (Å²) >= 11 is 1.53. The van der Waals surface area contributed by atoms with Crippen LogP contribution >= 0.6 is 11.3 Å². The first-order chi connectivity index (χ1) is 12.4. The van der Waals surface area contributed by atoms with E-state index in [0.717, 1.165) is 15.8 Å². The zero-order chi connectivity index (χ0) is 18.3. The third kappa shape index (κ3) is 3.39. The lowest BCUT2D eigenvalue weighted by Gasteiger charge is -2.14. The second-order valence-corrected chi connectivity index (χ2v) is 9.67. The second-order valence-electron chi connectivity index (χ2n) is 6.49. The number of hydrogen-bond acceptors (Lipinski definition) is 4. The molecule has 1 amide bonds. The smallest absolute Gasteiger partial charge is 0.268 e. The van der Waals surface area contributed by atoms with Gasteiger partial charge in [-0.2, -0.15) is 0 Å².